The summed E-state index contributed by atoms with van der Waals surface area (Å²) in [7, 11) is 0. The van der Waals surface area contributed by atoms with E-state index < -0.39 is 23.5 Å². The lowest BCUT2D eigenvalue weighted by atomic mass is 10.0. The Hall–Kier alpha value is -4.09. The van der Waals surface area contributed by atoms with E-state index >= 15 is 0 Å². The maximum absolute atomic E-state index is 14.2. The van der Waals surface area contributed by atoms with E-state index in [4.69, 9.17) is 19.3 Å². The maximum atomic E-state index is 14.2. The second-order valence-electron chi connectivity index (χ2n) is 9.86. The number of halogens is 1. The Balaban J connectivity index is 1.45. The molecule has 9 nitrogen and oxygen atoms in total. The molecule has 2 aromatic carbocycles. The molecule has 2 N–H and O–H groups in total. The first kappa shape index (κ1) is 28.9. The average molecular weight is 568 g/mol. The van der Waals surface area contributed by atoms with Gasteiger partial charge in [-0.3, -0.25) is 4.79 Å². The Morgan fingerprint density at radius 2 is 1.82 bits per heavy atom. The summed E-state index contributed by atoms with van der Waals surface area (Å²) >= 11 is 1.47. The van der Waals surface area contributed by atoms with E-state index in [1.54, 1.807) is 45.0 Å². The van der Waals surface area contributed by atoms with E-state index in [1.165, 1.54) is 23.5 Å². The molecular weight excluding hydrogens is 537 g/mol. The van der Waals surface area contributed by atoms with Crippen molar-refractivity contribution in [2.45, 2.75) is 32.8 Å². The fourth-order valence-corrected chi connectivity index (χ4v) is 4.83. The van der Waals surface area contributed by atoms with Gasteiger partial charge in [0.1, 0.15) is 35.2 Å². The number of ether oxygens (including phenoxy) is 3. The van der Waals surface area contributed by atoms with Crippen LogP contribution in [0.1, 0.15) is 26.3 Å². The van der Waals surface area contributed by atoms with Crippen LogP contribution in [0.4, 0.5) is 9.18 Å². The molecule has 2 heterocycles. The Labute approximate surface area is 234 Å². The lowest BCUT2D eigenvalue weighted by Gasteiger charge is -2.19. The lowest BCUT2D eigenvalue weighted by molar-refractivity contribution is -0.136. The van der Waals surface area contributed by atoms with E-state index in [-0.39, 0.29) is 32.8 Å². The van der Waals surface area contributed by atoms with Crippen LogP contribution < -0.4 is 10.1 Å². The van der Waals surface area contributed by atoms with Crippen LogP contribution in [0.25, 0.3) is 32.6 Å². The molecule has 2 aromatic heterocycles. The number of carbonyl (C=O) groups excluding carboxylic acids is 1. The van der Waals surface area contributed by atoms with Crippen molar-refractivity contribution >= 4 is 33.5 Å². The predicted octanol–water partition coefficient (Wildman–Crippen LogP) is 5.71. The Kier molecular flexibility index (Phi) is 9.28. The van der Waals surface area contributed by atoms with Crippen LogP contribution in [0, 0.1) is 5.82 Å². The van der Waals surface area contributed by atoms with E-state index in [2.05, 4.69) is 15.5 Å². The Morgan fingerprint density at radius 1 is 1.02 bits per heavy atom. The van der Waals surface area contributed by atoms with Gasteiger partial charge in [-0.05, 0) is 56.0 Å². The van der Waals surface area contributed by atoms with Crippen LogP contribution in [-0.4, -0.2) is 59.3 Å². The number of aromatic nitrogens is 2. The van der Waals surface area contributed by atoms with Gasteiger partial charge in [0.25, 0.3) is 0 Å². The lowest BCUT2D eigenvalue weighted by Crippen LogP contribution is -2.34. The molecule has 0 aliphatic carbocycles. The molecular formula is C29H30FN3O6S. The molecule has 0 saturated carbocycles. The Bertz CT molecular complexity index is 1500. The van der Waals surface area contributed by atoms with Gasteiger partial charge >= 0.3 is 12.1 Å². The minimum absolute atomic E-state index is 0.0909. The molecule has 0 aliphatic heterocycles. The van der Waals surface area contributed by atoms with Gasteiger partial charge in [-0.1, -0.05) is 18.2 Å². The summed E-state index contributed by atoms with van der Waals surface area (Å²) in [6.07, 6.45) is -0.608. The van der Waals surface area contributed by atoms with Gasteiger partial charge in [-0.15, -0.1) is 21.5 Å². The number of hydrogen-bond donors (Lipinski definition) is 2. The standard InChI is InChI=1S/C29H30FN3O6S/c1-29(2,3)39-28(36)31-10-11-37-12-13-38-23-17-20(30)7-8-21(23)26-27-22(9-14-40-27)25(32-33-26)19-6-4-5-18(15-19)16-24(34)35/h4-9,14-15,17H,10-13,16H2,1-3H3,(H,31,36)(H,34,35). The molecule has 40 heavy (non-hydrogen) atoms. The number of alkyl carbamates (subject to hydrolysis) is 1. The third-order valence-corrected chi connectivity index (χ3v) is 6.46. The molecule has 11 heteroatoms. The molecule has 1 amide bonds. The summed E-state index contributed by atoms with van der Waals surface area (Å²) in [5.41, 5.74) is 2.61. The van der Waals surface area contributed by atoms with Crippen molar-refractivity contribution in [2.75, 3.05) is 26.4 Å². The first-order valence-corrected chi connectivity index (χ1v) is 13.5. The van der Waals surface area contributed by atoms with Crippen LogP contribution in [0.5, 0.6) is 5.75 Å². The number of benzene rings is 2. The number of carboxylic acid groups (broad SMARTS) is 1. The molecule has 0 bridgehead atoms. The van der Waals surface area contributed by atoms with Crippen LogP contribution in [-0.2, 0) is 20.7 Å². The average Bonchev–Trinajstić information content (AvgIpc) is 3.37. The molecule has 0 radical (unpaired) electrons. The zero-order chi connectivity index (χ0) is 28.7. The fourth-order valence-electron chi connectivity index (χ4n) is 3.93. The summed E-state index contributed by atoms with van der Waals surface area (Å²) < 4.78 is 31.6. The molecule has 0 saturated heterocycles. The number of nitrogens with one attached hydrogen (secondary N) is 1. The zero-order valence-corrected chi connectivity index (χ0v) is 23.2. The van der Waals surface area contributed by atoms with Crippen LogP contribution in [0.2, 0.25) is 0 Å². The third kappa shape index (κ3) is 7.73. The van der Waals surface area contributed by atoms with Gasteiger partial charge in [0.2, 0.25) is 0 Å². The quantitative estimate of drug-likeness (QED) is 0.221. The summed E-state index contributed by atoms with van der Waals surface area (Å²) in [5.74, 6) is -1.06. The van der Waals surface area contributed by atoms with E-state index in [0.717, 1.165) is 15.6 Å². The van der Waals surface area contributed by atoms with Crippen molar-refractivity contribution in [2.24, 2.45) is 0 Å². The number of nitrogens with zero attached hydrogens (tertiary/aromatic N) is 2. The minimum Gasteiger partial charge on any atom is -0.490 e. The number of amides is 1. The van der Waals surface area contributed by atoms with Gasteiger partial charge in [0.05, 0.1) is 24.3 Å². The van der Waals surface area contributed by atoms with E-state index in [1.807, 2.05) is 17.5 Å². The molecule has 0 atom stereocenters. The van der Waals surface area contributed by atoms with E-state index in [0.29, 0.717) is 28.3 Å². The highest BCUT2D eigenvalue weighted by Crippen LogP contribution is 2.39. The molecule has 0 unspecified atom stereocenters. The summed E-state index contributed by atoms with van der Waals surface area (Å²) in [5, 5.41) is 23.5. The normalized spacial score (nSPS) is 11.4. The smallest absolute Gasteiger partial charge is 0.407 e. The highest BCUT2D eigenvalue weighted by atomic mass is 32.1. The molecule has 4 rings (SSSR count). The topological polar surface area (TPSA) is 120 Å². The van der Waals surface area contributed by atoms with Crippen molar-refractivity contribution in [3.63, 3.8) is 0 Å². The monoisotopic (exact) mass is 567 g/mol. The number of carbonyl (C=O) groups is 2. The SMILES string of the molecule is CC(C)(C)OC(=O)NCCOCCOc1cc(F)ccc1-c1nnc(-c2cccc(CC(=O)O)c2)c2ccsc12. The van der Waals surface area contributed by atoms with Gasteiger partial charge in [0.15, 0.2) is 0 Å². The maximum Gasteiger partial charge on any atom is 0.407 e. The third-order valence-electron chi connectivity index (χ3n) is 5.54. The van der Waals surface area contributed by atoms with E-state index in [9.17, 15) is 14.0 Å². The zero-order valence-electron chi connectivity index (χ0n) is 22.4. The highest BCUT2D eigenvalue weighted by Gasteiger charge is 2.18. The number of rotatable bonds is 11. The van der Waals surface area contributed by atoms with Gasteiger partial charge < -0.3 is 24.6 Å². The molecule has 0 aliphatic rings. The summed E-state index contributed by atoms with van der Waals surface area (Å²) in [6, 6.07) is 13.4. The molecule has 0 spiro atoms. The number of carboxylic acids is 1. The van der Waals surface area contributed by atoms with Gasteiger partial charge in [-0.2, -0.15) is 0 Å². The number of thiophene rings is 1. The minimum atomic E-state index is -0.911. The van der Waals surface area contributed by atoms with Crippen molar-refractivity contribution in [3.05, 3.63) is 65.3 Å². The Morgan fingerprint density at radius 3 is 2.60 bits per heavy atom. The van der Waals surface area contributed by atoms with Crippen molar-refractivity contribution in [1.82, 2.24) is 15.5 Å². The van der Waals surface area contributed by atoms with Crippen LogP contribution >= 0.6 is 11.3 Å². The van der Waals surface area contributed by atoms with Crippen LogP contribution in [0.3, 0.4) is 0 Å². The first-order chi connectivity index (χ1) is 19.1. The second-order valence-corrected chi connectivity index (χ2v) is 10.8. The first-order valence-electron chi connectivity index (χ1n) is 12.6. The van der Waals surface area contributed by atoms with Gasteiger partial charge in [-0.25, -0.2) is 9.18 Å². The van der Waals surface area contributed by atoms with Crippen LogP contribution in [0.15, 0.2) is 53.9 Å². The number of aliphatic carboxylic acids is 1. The van der Waals surface area contributed by atoms with Crippen molar-refractivity contribution in [3.8, 4) is 28.3 Å². The molecule has 0 fully saturated rings. The molecule has 210 valence electrons. The van der Waals surface area contributed by atoms with Crippen molar-refractivity contribution < 1.29 is 33.3 Å². The van der Waals surface area contributed by atoms with Crippen molar-refractivity contribution in [1.29, 1.82) is 0 Å². The summed E-state index contributed by atoms with van der Waals surface area (Å²) in [4.78, 5) is 22.8. The molecule has 4 aromatic rings. The largest absolute Gasteiger partial charge is 0.490 e. The fraction of sp³-hybridized carbons (Fsp3) is 0.310. The summed E-state index contributed by atoms with van der Waals surface area (Å²) in [6.45, 7) is 6.26. The predicted molar refractivity (Wildman–Crippen MR) is 150 cm³/mol. The number of fused-ring (bicyclic) bond motifs is 1. The number of hydrogen-bond acceptors (Lipinski definition) is 8. The highest BCUT2D eigenvalue weighted by molar-refractivity contribution is 7.17. The van der Waals surface area contributed by atoms with Gasteiger partial charge in [0, 0.05) is 29.1 Å². The second kappa shape index (κ2) is 12.8.